The summed E-state index contributed by atoms with van der Waals surface area (Å²) in [6.45, 7) is 6.03. The first kappa shape index (κ1) is 17.3. The van der Waals surface area contributed by atoms with Gasteiger partial charge >= 0.3 is 5.97 Å². The standard InChI is InChI=1S/C16H21BrFNO3/c1-16(2,3)22-15(20)13(17)11-8-10(18)9-19-14(11)12-6-4-5-7-21-12/h8-9,12-13H,4-7H2,1-3H3. The molecule has 1 aliphatic rings. The van der Waals surface area contributed by atoms with Gasteiger partial charge in [-0.3, -0.25) is 9.78 Å². The van der Waals surface area contributed by atoms with Gasteiger partial charge in [-0.1, -0.05) is 15.9 Å². The van der Waals surface area contributed by atoms with Gasteiger partial charge in [0.15, 0.2) is 0 Å². The lowest BCUT2D eigenvalue weighted by atomic mass is 10.00. The van der Waals surface area contributed by atoms with Crippen molar-refractivity contribution in [1.82, 2.24) is 4.98 Å². The van der Waals surface area contributed by atoms with E-state index >= 15 is 0 Å². The minimum absolute atomic E-state index is 0.202. The van der Waals surface area contributed by atoms with Gasteiger partial charge in [0.2, 0.25) is 0 Å². The van der Waals surface area contributed by atoms with Crippen LogP contribution in [-0.2, 0) is 14.3 Å². The van der Waals surface area contributed by atoms with Crippen LogP contribution in [0.25, 0.3) is 0 Å². The number of esters is 1. The van der Waals surface area contributed by atoms with Crippen LogP contribution >= 0.6 is 15.9 Å². The minimum Gasteiger partial charge on any atom is -0.459 e. The van der Waals surface area contributed by atoms with Crippen molar-refractivity contribution in [3.8, 4) is 0 Å². The molecule has 1 aliphatic heterocycles. The van der Waals surface area contributed by atoms with Crippen molar-refractivity contribution in [1.29, 1.82) is 0 Å². The van der Waals surface area contributed by atoms with Gasteiger partial charge in [-0.15, -0.1) is 0 Å². The fraction of sp³-hybridized carbons (Fsp3) is 0.625. The van der Waals surface area contributed by atoms with E-state index in [1.807, 2.05) is 0 Å². The summed E-state index contributed by atoms with van der Waals surface area (Å²) in [6.07, 6.45) is 3.82. The fourth-order valence-electron chi connectivity index (χ4n) is 2.37. The van der Waals surface area contributed by atoms with Gasteiger partial charge in [0.1, 0.15) is 16.2 Å². The Morgan fingerprint density at radius 2 is 2.23 bits per heavy atom. The number of aromatic nitrogens is 1. The molecule has 4 nitrogen and oxygen atoms in total. The van der Waals surface area contributed by atoms with Crippen LogP contribution in [-0.4, -0.2) is 23.2 Å². The number of halogens is 2. The number of rotatable bonds is 3. The highest BCUT2D eigenvalue weighted by atomic mass is 79.9. The van der Waals surface area contributed by atoms with Crippen LogP contribution in [0.5, 0.6) is 0 Å². The highest BCUT2D eigenvalue weighted by molar-refractivity contribution is 9.09. The van der Waals surface area contributed by atoms with Gasteiger partial charge in [-0.25, -0.2) is 4.39 Å². The van der Waals surface area contributed by atoms with Gasteiger partial charge < -0.3 is 9.47 Å². The topological polar surface area (TPSA) is 48.4 Å². The van der Waals surface area contributed by atoms with E-state index in [0.29, 0.717) is 17.9 Å². The average Bonchev–Trinajstić information content (AvgIpc) is 2.45. The molecule has 2 rings (SSSR count). The Kier molecular flexibility index (Phi) is 5.55. The van der Waals surface area contributed by atoms with E-state index in [1.54, 1.807) is 20.8 Å². The fourth-order valence-corrected chi connectivity index (χ4v) is 2.83. The van der Waals surface area contributed by atoms with E-state index < -0.39 is 22.2 Å². The van der Waals surface area contributed by atoms with E-state index in [1.165, 1.54) is 6.07 Å². The quantitative estimate of drug-likeness (QED) is 0.587. The molecule has 0 bridgehead atoms. The molecular formula is C16H21BrFNO3. The van der Waals surface area contributed by atoms with Crippen LogP contribution < -0.4 is 0 Å². The van der Waals surface area contributed by atoms with Crippen molar-refractivity contribution in [2.75, 3.05) is 6.61 Å². The van der Waals surface area contributed by atoms with Crippen LogP contribution in [0.3, 0.4) is 0 Å². The maximum atomic E-state index is 13.6. The third kappa shape index (κ3) is 4.49. The molecule has 0 N–H and O–H groups in total. The molecule has 1 saturated heterocycles. The Bertz CT molecular complexity index is 539. The van der Waals surface area contributed by atoms with Gasteiger partial charge in [0.05, 0.1) is 18.0 Å². The molecule has 0 radical (unpaired) electrons. The van der Waals surface area contributed by atoms with Crippen LogP contribution in [0.1, 0.15) is 62.2 Å². The van der Waals surface area contributed by atoms with Gasteiger partial charge in [0, 0.05) is 12.2 Å². The molecule has 0 saturated carbocycles. The third-order valence-electron chi connectivity index (χ3n) is 3.29. The number of nitrogens with zero attached hydrogens (tertiary/aromatic N) is 1. The first-order valence-electron chi connectivity index (χ1n) is 7.42. The Balaban J connectivity index is 2.28. The van der Waals surface area contributed by atoms with Gasteiger partial charge in [0.25, 0.3) is 0 Å². The molecule has 1 fully saturated rings. The molecule has 0 aromatic carbocycles. The van der Waals surface area contributed by atoms with Crippen LogP contribution in [0.15, 0.2) is 12.3 Å². The van der Waals surface area contributed by atoms with Crippen molar-refractivity contribution in [2.45, 2.75) is 56.6 Å². The van der Waals surface area contributed by atoms with Crippen molar-refractivity contribution < 1.29 is 18.7 Å². The van der Waals surface area contributed by atoms with Gasteiger partial charge in [-0.2, -0.15) is 0 Å². The number of alkyl halides is 1. The Hall–Kier alpha value is -1.01. The molecule has 2 unspecified atom stereocenters. The Morgan fingerprint density at radius 1 is 1.50 bits per heavy atom. The predicted octanol–water partition coefficient (Wildman–Crippen LogP) is 4.24. The largest absolute Gasteiger partial charge is 0.459 e. The number of pyridine rings is 1. The lowest BCUT2D eigenvalue weighted by Crippen LogP contribution is -2.27. The highest BCUT2D eigenvalue weighted by Crippen LogP contribution is 2.35. The van der Waals surface area contributed by atoms with E-state index in [2.05, 4.69) is 20.9 Å². The summed E-state index contributed by atoms with van der Waals surface area (Å²) >= 11 is 3.32. The summed E-state index contributed by atoms with van der Waals surface area (Å²) in [4.78, 5) is 15.6. The molecule has 1 aromatic heterocycles. The lowest BCUT2D eigenvalue weighted by molar-refractivity contribution is -0.154. The average molecular weight is 374 g/mol. The number of hydrogen-bond donors (Lipinski definition) is 0. The number of carbonyl (C=O) groups is 1. The minimum atomic E-state index is -0.768. The van der Waals surface area contributed by atoms with Gasteiger partial charge in [-0.05, 0) is 46.1 Å². The number of ether oxygens (including phenoxy) is 2. The molecule has 122 valence electrons. The second kappa shape index (κ2) is 7.04. The number of carbonyl (C=O) groups excluding carboxylic acids is 1. The van der Waals surface area contributed by atoms with E-state index in [9.17, 15) is 9.18 Å². The smallest absolute Gasteiger partial charge is 0.324 e. The molecule has 0 spiro atoms. The summed E-state index contributed by atoms with van der Waals surface area (Å²) in [5, 5.41) is 0. The molecule has 2 atom stereocenters. The normalized spacial score (nSPS) is 20.5. The first-order chi connectivity index (χ1) is 10.3. The molecule has 1 aromatic rings. The van der Waals surface area contributed by atoms with E-state index in [4.69, 9.17) is 9.47 Å². The predicted molar refractivity (Wildman–Crippen MR) is 84.3 cm³/mol. The molecule has 6 heteroatoms. The summed E-state index contributed by atoms with van der Waals surface area (Å²) in [7, 11) is 0. The van der Waals surface area contributed by atoms with Crippen LogP contribution in [0.2, 0.25) is 0 Å². The Morgan fingerprint density at radius 3 is 2.82 bits per heavy atom. The maximum absolute atomic E-state index is 13.6. The van der Waals surface area contributed by atoms with E-state index in [-0.39, 0.29) is 6.10 Å². The second-order valence-electron chi connectivity index (χ2n) is 6.38. The van der Waals surface area contributed by atoms with Crippen molar-refractivity contribution in [3.63, 3.8) is 0 Å². The molecule has 22 heavy (non-hydrogen) atoms. The lowest BCUT2D eigenvalue weighted by Gasteiger charge is -2.26. The maximum Gasteiger partial charge on any atom is 0.324 e. The van der Waals surface area contributed by atoms with Crippen molar-refractivity contribution >= 4 is 21.9 Å². The highest BCUT2D eigenvalue weighted by Gasteiger charge is 2.30. The number of hydrogen-bond acceptors (Lipinski definition) is 4. The third-order valence-corrected chi connectivity index (χ3v) is 4.15. The summed E-state index contributed by atoms with van der Waals surface area (Å²) in [5.74, 6) is -0.945. The molecule has 2 heterocycles. The Labute approximate surface area is 138 Å². The first-order valence-corrected chi connectivity index (χ1v) is 8.33. The zero-order valence-electron chi connectivity index (χ0n) is 13.1. The van der Waals surface area contributed by atoms with Crippen molar-refractivity contribution in [3.05, 3.63) is 29.3 Å². The monoisotopic (exact) mass is 373 g/mol. The SMILES string of the molecule is CC(C)(C)OC(=O)C(Br)c1cc(F)cnc1C1CCCCO1. The zero-order valence-corrected chi connectivity index (χ0v) is 14.7. The van der Waals surface area contributed by atoms with Crippen LogP contribution in [0.4, 0.5) is 4.39 Å². The zero-order chi connectivity index (χ0) is 16.3. The van der Waals surface area contributed by atoms with Crippen LogP contribution in [0, 0.1) is 5.82 Å². The summed E-state index contributed by atoms with van der Waals surface area (Å²) in [6, 6.07) is 1.32. The van der Waals surface area contributed by atoms with Crippen molar-refractivity contribution in [2.24, 2.45) is 0 Å². The molecular weight excluding hydrogens is 353 g/mol. The van der Waals surface area contributed by atoms with E-state index in [0.717, 1.165) is 25.5 Å². The molecule has 0 aliphatic carbocycles. The molecule has 0 amide bonds. The summed E-state index contributed by atoms with van der Waals surface area (Å²) in [5.41, 5.74) is 0.473. The second-order valence-corrected chi connectivity index (χ2v) is 7.29. The summed E-state index contributed by atoms with van der Waals surface area (Å²) < 4.78 is 24.7.